The highest BCUT2D eigenvalue weighted by molar-refractivity contribution is 7.07. The molecule has 1 fully saturated rings. The van der Waals surface area contributed by atoms with Crippen molar-refractivity contribution < 1.29 is 33.0 Å². The lowest BCUT2D eigenvalue weighted by Gasteiger charge is -2.32. The summed E-state index contributed by atoms with van der Waals surface area (Å²) in [5.74, 6) is 0.863. The molecule has 12 nitrogen and oxygen atoms in total. The van der Waals surface area contributed by atoms with Crippen LogP contribution >= 0.6 is 11.3 Å². The highest BCUT2D eigenvalue weighted by Crippen LogP contribution is 2.36. The maximum atomic E-state index is 14.0. The van der Waals surface area contributed by atoms with Crippen LogP contribution < -0.4 is 29.3 Å². The van der Waals surface area contributed by atoms with Gasteiger partial charge in [-0.15, -0.1) is 0 Å². The standard InChI is InChI=1S/C31H36N4O8S/c1-6-40-23-16-20(8-10-22(23)42-18-26(36)39-5)28-27(30(38)41-7-2)19(3)32-31-35(28)29(37)24(44-31)17-21-9-11-25(43-21)34-14-12-33(4)13-15-34/h8-11,16-17,28H,6-7,12-15,18H2,1-5H3/b24-17-/t28-/m1/s1. The van der Waals surface area contributed by atoms with Crippen LogP contribution in [-0.2, 0) is 19.1 Å². The van der Waals surface area contributed by atoms with E-state index in [-0.39, 0.29) is 24.3 Å². The lowest BCUT2D eigenvalue weighted by Crippen LogP contribution is -2.44. The van der Waals surface area contributed by atoms with Crippen LogP contribution in [-0.4, -0.2) is 81.6 Å². The van der Waals surface area contributed by atoms with Crippen LogP contribution in [0.15, 0.2) is 55.8 Å². The third kappa shape index (κ3) is 6.43. The zero-order valence-electron chi connectivity index (χ0n) is 25.5. The predicted octanol–water partition coefficient (Wildman–Crippen LogP) is 2.09. The summed E-state index contributed by atoms with van der Waals surface area (Å²) in [6, 6.07) is 7.98. The summed E-state index contributed by atoms with van der Waals surface area (Å²) < 4.78 is 29.5. The number of anilines is 1. The summed E-state index contributed by atoms with van der Waals surface area (Å²) in [7, 11) is 3.37. The van der Waals surface area contributed by atoms with E-state index in [0.29, 0.717) is 44.5 Å². The van der Waals surface area contributed by atoms with Crippen LogP contribution in [0, 0.1) is 0 Å². The molecule has 4 heterocycles. The van der Waals surface area contributed by atoms with Crippen LogP contribution in [0.25, 0.3) is 6.08 Å². The second-order valence-corrected chi connectivity index (χ2v) is 11.3. The van der Waals surface area contributed by atoms with Gasteiger partial charge in [-0.05, 0) is 51.6 Å². The van der Waals surface area contributed by atoms with E-state index in [1.54, 1.807) is 38.1 Å². The number of hydrogen-bond donors (Lipinski definition) is 0. The van der Waals surface area contributed by atoms with Crippen molar-refractivity contribution >= 4 is 35.2 Å². The van der Waals surface area contributed by atoms with Crippen LogP contribution in [0.2, 0.25) is 0 Å². The van der Waals surface area contributed by atoms with Crippen molar-refractivity contribution in [1.82, 2.24) is 9.47 Å². The van der Waals surface area contributed by atoms with Gasteiger partial charge >= 0.3 is 11.9 Å². The molecule has 234 valence electrons. The van der Waals surface area contributed by atoms with Crippen molar-refractivity contribution in [3.05, 3.63) is 72.6 Å². The van der Waals surface area contributed by atoms with Crippen LogP contribution in [0.3, 0.4) is 0 Å². The predicted molar refractivity (Wildman–Crippen MR) is 164 cm³/mol. The molecule has 2 aromatic heterocycles. The molecule has 13 heteroatoms. The number of benzene rings is 1. The number of nitrogens with zero attached hydrogens (tertiary/aromatic N) is 4. The molecule has 1 aromatic carbocycles. The Morgan fingerprint density at radius 1 is 1.07 bits per heavy atom. The first-order valence-corrected chi connectivity index (χ1v) is 15.2. The highest BCUT2D eigenvalue weighted by atomic mass is 32.1. The Hall–Kier alpha value is -4.36. The number of likely N-dealkylation sites (N-methyl/N-ethyl adjacent to an activating group) is 1. The molecule has 0 spiro atoms. The van der Waals surface area contributed by atoms with Gasteiger partial charge in [0.15, 0.2) is 28.8 Å². The number of hydrogen-bond acceptors (Lipinski definition) is 12. The fourth-order valence-electron chi connectivity index (χ4n) is 5.13. The molecule has 2 aliphatic rings. The zero-order chi connectivity index (χ0) is 31.4. The summed E-state index contributed by atoms with van der Waals surface area (Å²) in [5.41, 5.74) is 0.946. The largest absolute Gasteiger partial charge is 0.490 e. The number of carbonyl (C=O) groups is 2. The van der Waals surface area contributed by atoms with E-state index in [1.165, 1.54) is 23.0 Å². The van der Waals surface area contributed by atoms with Gasteiger partial charge in [-0.25, -0.2) is 14.6 Å². The Labute approximate surface area is 258 Å². The number of fused-ring (bicyclic) bond motifs is 1. The minimum absolute atomic E-state index is 0.158. The Bertz CT molecular complexity index is 1750. The maximum Gasteiger partial charge on any atom is 0.343 e. The molecule has 3 aromatic rings. The number of allylic oxidation sites excluding steroid dienone is 1. The number of thiazole rings is 1. The van der Waals surface area contributed by atoms with E-state index in [9.17, 15) is 14.4 Å². The van der Waals surface area contributed by atoms with Gasteiger partial charge in [-0.1, -0.05) is 17.4 Å². The normalized spacial score (nSPS) is 17.2. The van der Waals surface area contributed by atoms with Crippen LogP contribution in [0.5, 0.6) is 11.5 Å². The zero-order valence-corrected chi connectivity index (χ0v) is 26.3. The van der Waals surface area contributed by atoms with Crippen LogP contribution in [0.4, 0.5) is 5.88 Å². The molecule has 0 amide bonds. The summed E-state index contributed by atoms with van der Waals surface area (Å²) in [4.78, 5) is 48.5. The molecular formula is C31H36N4O8S. The number of esters is 2. The molecule has 0 saturated carbocycles. The van der Waals surface area contributed by atoms with Gasteiger partial charge in [0.2, 0.25) is 0 Å². The first-order chi connectivity index (χ1) is 21.2. The Kier molecular flexibility index (Phi) is 9.55. The van der Waals surface area contributed by atoms with Crippen molar-refractivity contribution in [3.63, 3.8) is 0 Å². The van der Waals surface area contributed by atoms with Gasteiger partial charge < -0.3 is 33.2 Å². The summed E-state index contributed by atoms with van der Waals surface area (Å²) in [5, 5.41) is 0. The van der Waals surface area contributed by atoms with E-state index in [4.69, 9.17) is 18.6 Å². The third-order valence-corrected chi connectivity index (χ3v) is 8.36. The number of piperazine rings is 1. The van der Waals surface area contributed by atoms with Crippen molar-refractivity contribution in [2.45, 2.75) is 26.8 Å². The van der Waals surface area contributed by atoms with E-state index in [1.807, 2.05) is 19.1 Å². The molecule has 44 heavy (non-hydrogen) atoms. The summed E-state index contributed by atoms with van der Waals surface area (Å²) in [6.07, 6.45) is 1.71. The average Bonchev–Trinajstić information content (AvgIpc) is 3.60. The highest BCUT2D eigenvalue weighted by Gasteiger charge is 2.34. The van der Waals surface area contributed by atoms with Gasteiger partial charge in [0, 0.05) is 38.3 Å². The first kappa shape index (κ1) is 31.1. The molecule has 1 atom stereocenters. The maximum absolute atomic E-state index is 14.0. The molecule has 0 N–H and O–H groups in total. The third-order valence-electron chi connectivity index (χ3n) is 7.37. The Balaban J connectivity index is 1.58. The van der Waals surface area contributed by atoms with Gasteiger partial charge in [-0.2, -0.15) is 0 Å². The van der Waals surface area contributed by atoms with E-state index >= 15 is 0 Å². The quantitative estimate of drug-likeness (QED) is 0.310. The van der Waals surface area contributed by atoms with E-state index < -0.39 is 18.0 Å². The Morgan fingerprint density at radius 2 is 1.84 bits per heavy atom. The molecule has 0 bridgehead atoms. The summed E-state index contributed by atoms with van der Waals surface area (Å²) in [6.45, 7) is 9.04. The second-order valence-electron chi connectivity index (χ2n) is 10.3. The molecule has 0 radical (unpaired) electrons. The molecular weight excluding hydrogens is 588 g/mol. The SMILES string of the molecule is CCOC(=O)C1=C(C)N=c2s/c(=C\c3ccc(N4CCN(C)CC4)o3)c(=O)n2[C@@H]1c1ccc(OCC(=O)OC)c(OCC)c1. The molecule has 2 aliphatic heterocycles. The fourth-order valence-corrected chi connectivity index (χ4v) is 6.16. The van der Waals surface area contributed by atoms with Crippen LogP contribution in [0.1, 0.15) is 38.1 Å². The topological polar surface area (TPSA) is 125 Å². The first-order valence-electron chi connectivity index (χ1n) is 14.4. The van der Waals surface area contributed by atoms with Crippen molar-refractivity contribution in [2.24, 2.45) is 4.99 Å². The van der Waals surface area contributed by atoms with Gasteiger partial charge in [0.05, 0.1) is 42.2 Å². The average molecular weight is 625 g/mol. The fraction of sp³-hybridized carbons (Fsp3) is 0.419. The van der Waals surface area contributed by atoms with E-state index in [2.05, 4.69) is 26.6 Å². The lowest BCUT2D eigenvalue weighted by atomic mass is 9.95. The van der Waals surface area contributed by atoms with Gasteiger partial charge in [0.25, 0.3) is 5.56 Å². The molecule has 0 unspecified atom stereocenters. The lowest BCUT2D eigenvalue weighted by molar-refractivity contribution is -0.143. The van der Waals surface area contributed by atoms with Gasteiger partial charge in [0.1, 0.15) is 5.76 Å². The van der Waals surface area contributed by atoms with E-state index in [0.717, 1.165) is 32.1 Å². The molecule has 0 aliphatic carbocycles. The number of aromatic nitrogens is 1. The number of methoxy groups -OCH3 is 1. The van der Waals surface area contributed by atoms with Crippen molar-refractivity contribution in [2.75, 3.05) is 65.1 Å². The number of furan rings is 1. The number of carbonyl (C=O) groups excluding carboxylic acids is 2. The number of rotatable bonds is 10. The molecule has 1 saturated heterocycles. The monoisotopic (exact) mass is 624 g/mol. The Morgan fingerprint density at radius 3 is 2.55 bits per heavy atom. The molecule has 5 rings (SSSR count). The smallest absolute Gasteiger partial charge is 0.343 e. The minimum atomic E-state index is -0.848. The minimum Gasteiger partial charge on any atom is -0.490 e. The van der Waals surface area contributed by atoms with Crippen molar-refractivity contribution in [1.29, 1.82) is 0 Å². The second kappa shape index (κ2) is 13.5. The van der Waals surface area contributed by atoms with Gasteiger partial charge in [-0.3, -0.25) is 9.36 Å². The summed E-state index contributed by atoms with van der Waals surface area (Å²) >= 11 is 1.22. The van der Waals surface area contributed by atoms with Crippen molar-refractivity contribution in [3.8, 4) is 11.5 Å². The number of ether oxygens (including phenoxy) is 4.